The molecule has 0 radical (unpaired) electrons. The number of allylic oxidation sites excluding steroid dienone is 1. The van der Waals surface area contributed by atoms with E-state index < -0.39 is 5.41 Å². The maximum Gasteiger partial charge on any atom is 0.292 e. The second-order valence-electron chi connectivity index (χ2n) is 8.38. The van der Waals surface area contributed by atoms with Crippen LogP contribution >= 0.6 is 0 Å². The molecule has 28 heavy (non-hydrogen) atoms. The van der Waals surface area contributed by atoms with Crippen molar-refractivity contribution in [1.29, 1.82) is 0 Å². The lowest BCUT2D eigenvalue weighted by Crippen LogP contribution is -2.42. The zero-order valence-corrected chi connectivity index (χ0v) is 15.7. The van der Waals surface area contributed by atoms with Crippen LogP contribution in [-0.4, -0.2) is 28.1 Å². The number of nitrogens with zero attached hydrogens (tertiary/aromatic N) is 2. The number of carbonyl (C=O) groups is 2. The Balaban J connectivity index is 1.89. The minimum Gasteiger partial charge on any atom is -0.423 e. The van der Waals surface area contributed by atoms with Crippen LogP contribution in [0.15, 0.2) is 40.0 Å². The van der Waals surface area contributed by atoms with Crippen molar-refractivity contribution in [1.82, 2.24) is 9.88 Å². The number of aromatic nitrogens is 1. The topological polar surface area (TPSA) is 89.4 Å². The molecule has 1 aromatic carbocycles. The Bertz CT molecular complexity index is 1150. The van der Waals surface area contributed by atoms with Gasteiger partial charge in [-0.3, -0.25) is 9.59 Å². The van der Waals surface area contributed by atoms with Crippen LogP contribution in [-0.2, 0) is 15.0 Å². The standard InChI is InChI=1S/C22H19N3O3/c1-4-9-25-14-10-21(2,3)11-15(26)16(14)22(19(25)27)13-8-6-5-7-12(13)17-18(22)24-20(23)28-17/h1,5-8H,9-11H2,2-3H3,(H2,23,24)/t22-/m0/s1. The number of oxazole rings is 1. The number of terminal acetylenes is 1. The van der Waals surface area contributed by atoms with Crippen molar-refractivity contribution in [3.63, 3.8) is 0 Å². The monoisotopic (exact) mass is 373 g/mol. The zero-order chi connectivity index (χ0) is 19.8. The summed E-state index contributed by atoms with van der Waals surface area (Å²) >= 11 is 0. The van der Waals surface area contributed by atoms with Crippen LogP contribution < -0.4 is 5.73 Å². The summed E-state index contributed by atoms with van der Waals surface area (Å²) in [5.74, 6) is 2.72. The summed E-state index contributed by atoms with van der Waals surface area (Å²) in [5, 5.41) is 0. The third kappa shape index (κ3) is 1.81. The van der Waals surface area contributed by atoms with Crippen LogP contribution in [0, 0.1) is 17.8 Å². The minimum atomic E-state index is -1.33. The average molecular weight is 373 g/mol. The number of rotatable bonds is 1. The molecule has 6 heteroatoms. The van der Waals surface area contributed by atoms with Crippen molar-refractivity contribution in [3.8, 4) is 23.7 Å². The number of hydrogen-bond donors (Lipinski definition) is 1. The Morgan fingerprint density at radius 1 is 1.29 bits per heavy atom. The molecule has 0 saturated carbocycles. The fourth-order valence-corrected chi connectivity index (χ4v) is 5.01. The molecule has 1 aromatic heterocycles. The molecule has 0 fully saturated rings. The first-order valence-corrected chi connectivity index (χ1v) is 9.20. The molecular weight excluding hydrogens is 354 g/mol. The van der Waals surface area contributed by atoms with Crippen molar-refractivity contribution >= 4 is 17.7 Å². The molecule has 2 aromatic rings. The van der Waals surface area contributed by atoms with Crippen LogP contribution in [0.1, 0.15) is 37.9 Å². The smallest absolute Gasteiger partial charge is 0.292 e. The molecular formula is C22H19N3O3. The lowest BCUT2D eigenvalue weighted by Gasteiger charge is -2.33. The third-order valence-corrected chi connectivity index (χ3v) is 5.94. The van der Waals surface area contributed by atoms with Gasteiger partial charge in [-0.2, -0.15) is 4.98 Å². The van der Waals surface area contributed by atoms with Crippen LogP contribution in [0.25, 0.3) is 11.3 Å². The molecule has 1 aliphatic heterocycles. The normalized spacial score (nSPS) is 24.4. The number of nitrogen functional groups attached to an aromatic ring is 1. The highest BCUT2D eigenvalue weighted by molar-refractivity contribution is 6.17. The number of fused-ring (bicyclic) bond motifs is 6. The van der Waals surface area contributed by atoms with Crippen molar-refractivity contribution < 1.29 is 14.0 Å². The van der Waals surface area contributed by atoms with Crippen molar-refractivity contribution in [2.24, 2.45) is 5.41 Å². The average Bonchev–Trinajstić information content (AvgIpc) is 3.20. The van der Waals surface area contributed by atoms with Crippen LogP contribution in [0.4, 0.5) is 6.01 Å². The molecule has 6 nitrogen and oxygen atoms in total. The van der Waals surface area contributed by atoms with Gasteiger partial charge in [-0.1, -0.05) is 44.0 Å². The molecule has 2 aliphatic carbocycles. The zero-order valence-electron chi connectivity index (χ0n) is 15.7. The van der Waals surface area contributed by atoms with Crippen molar-refractivity contribution in [3.05, 3.63) is 46.8 Å². The molecule has 3 aliphatic rings. The number of ketones is 1. The molecule has 1 spiro atoms. The van der Waals surface area contributed by atoms with Crippen LogP contribution in [0.2, 0.25) is 0 Å². The van der Waals surface area contributed by atoms with Crippen LogP contribution in [0.5, 0.6) is 0 Å². The summed E-state index contributed by atoms with van der Waals surface area (Å²) in [6.07, 6.45) is 6.52. The van der Waals surface area contributed by atoms with E-state index in [-0.39, 0.29) is 29.7 Å². The number of nitrogens with two attached hydrogens (primary N) is 1. The SMILES string of the molecule is C#CCN1C(=O)[C@]2(C3=C1CC(C)(C)CC3=O)c1ccccc1-c1oc(N)nc12. The minimum absolute atomic E-state index is 0.0205. The van der Waals surface area contributed by atoms with Gasteiger partial charge in [0.1, 0.15) is 5.69 Å². The van der Waals surface area contributed by atoms with Crippen LogP contribution in [0.3, 0.4) is 0 Å². The van der Waals surface area contributed by atoms with E-state index in [0.717, 1.165) is 5.56 Å². The highest BCUT2D eigenvalue weighted by Gasteiger charge is 2.64. The van der Waals surface area contributed by atoms with Gasteiger partial charge in [0.05, 0.1) is 6.54 Å². The van der Waals surface area contributed by atoms with Gasteiger partial charge in [0, 0.05) is 23.3 Å². The van der Waals surface area contributed by atoms with E-state index in [1.54, 1.807) is 4.90 Å². The second-order valence-corrected chi connectivity index (χ2v) is 8.38. The number of amides is 1. The highest BCUT2D eigenvalue weighted by Crippen LogP contribution is 2.60. The number of hydrogen-bond acceptors (Lipinski definition) is 5. The quantitative estimate of drug-likeness (QED) is 0.776. The van der Waals surface area contributed by atoms with E-state index >= 15 is 0 Å². The molecule has 0 saturated heterocycles. The van der Waals surface area contributed by atoms with Gasteiger partial charge in [0.25, 0.3) is 6.01 Å². The predicted molar refractivity (Wildman–Crippen MR) is 103 cm³/mol. The Hall–Kier alpha value is -3.33. The van der Waals surface area contributed by atoms with Gasteiger partial charge in [-0.25, -0.2) is 0 Å². The molecule has 1 amide bonds. The number of Topliss-reactive ketones (excluding diaryl/α,β-unsaturated/α-hetero) is 1. The molecule has 5 rings (SSSR count). The summed E-state index contributed by atoms with van der Waals surface area (Å²) in [7, 11) is 0. The van der Waals surface area contributed by atoms with E-state index in [1.807, 2.05) is 38.1 Å². The molecule has 0 unspecified atom stereocenters. The molecule has 1 atom stereocenters. The summed E-state index contributed by atoms with van der Waals surface area (Å²) in [6, 6.07) is 7.41. The maximum atomic E-state index is 13.9. The molecule has 2 N–H and O–H groups in total. The first-order chi connectivity index (χ1) is 13.3. The molecule has 0 bridgehead atoms. The predicted octanol–water partition coefficient (Wildman–Crippen LogP) is 2.64. The van der Waals surface area contributed by atoms with Gasteiger partial charge in [-0.15, -0.1) is 6.42 Å². The molecule has 140 valence electrons. The van der Waals surface area contributed by atoms with E-state index in [0.29, 0.717) is 41.1 Å². The number of anilines is 1. The van der Waals surface area contributed by atoms with E-state index in [9.17, 15) is 9.59 Å². The fourth-order valence-electron chi connectivity index (χ4n) is 5.01. The van der Waals surface area contributed by atoms with E-state index in [1.165, 1.54) is 0 Å². The summed E-state index contributed by atoms with van der Waals surface area (Å²) in [4.78, 5) is 33.2. The first kappa shape index (κ1) is 16.8. The van der Waals surface area contributed by atoms with Crippen molar-refractivity contribution in [2.75, 3.05) is 12.3 Å². The van der Waals surface area contributed by atoms with Gasteiger partial charge >= 0.3 is 0 Å². The third-order valence-electron chi connectivity index (χ3n) is 5.94. The highest BCUT2D eigenvalue weighted by atomic mass is 16.4. The Kier molecular flexibility index (Phi) is 3.08. The molecule has 2 heterocycles. The summed E-state index contributed by atoms with van der Waals surface area (Å²) in [6.45, 7) is 4.16. The summed E-state index contributed by atoms with van der Waals surface area (Å²) < 4.78 is 5.66. The Labute approximate surface area is 162 Å². The van der Waals surface area contributed by atoms with Gasteiger partial charge in [0.15, 0.2) is 17.0 Å². The van der Waals surface area contributed by atoms with Gasteiger partial charge in [-0.05, 0) is 17.4 Å². The largest absolute Gasteiger partial charge is 0.423 e. The van der Waals surface area contributed by atoms with E-state index in [2.05, 4.69) is 10.9 Å². The number of benzene rings is 1. The van der Waals surface area contributed by atoms with Gasteiger partial charge < -0.3 is 15.1 Å². The lowest BCUT2D eigenvalue weighted by atomic mass is 9.67. The fraction of sp³-hybridized carbons (Fsp3) is 0.318. The Morgan fingerprint density at radius 3 is 2.79 bits per heavy atom. The maximum absolute atomic E-state index is 13.9. The first-order valence-electron chi connectivity index (χ1n) is 9.20. The lowest BCUT2D eigenvalue weighted by molar-refractivity contribution is -0.131. The van der Waals surface area contributed by atoms with Gasteiger partial charge in [0.2, 0.25) is 5.91 Å². The van der Waals surface area contributed by atoms with E-state index in [4.69, 9.17) is 16.6 Å². The number of carbonyl (C=O) groups excluding carboxylic acids is 2. The second kappa shape index (κ2) is 5.14. The van der Waals surface area contributed by atoms with Crippen molar-refractivity contribution in [2.45, 2.75) is 32.1 Å². The Morgan fingerprint density at radius 2 is 2.04 bits per heavy atom. The summed E-state index contributed by atoms with van der Waals surface area (Å²) in [5.41, 5.74) is 7.29.